The summed E-state index contributed by atoms with van der Waals surface area (Å²) in [6.45, 7) is 2.48. The lowest BCUT2D eigenvalue weighted by atomic mass is 10.3. The van der Waals surface area contributed by atoms with Gasteiger partial charge in [0, 0.05) is 33.0 Å². The van der Waals surface area contributed by atoms with Crippen LogP contribution < -0.4 is 5.73 Å². The summed E-state index contributed by atoms with van der Waals surface area (Å²) in [6.07, 6.45) is 1.19. The fraction of sp³-hybridized carbons (Fsp3) is 0.583. The van der Waals surface area contributed by atoms with Gasteiger partial charge >= 0.3 is 0 Å². The Balaban J connectivity index is 3.15. The van der Waals surface area contributed by atoms with Crippen LogP contribution in [0.5, 0.6) is 0 Å². The highest BCUT2D eigenvalue weighted by Crippen LogP contribution is 2.23. The van der Waals surface area contributed by atoms with Crippen LogP contribution in [0.3, 0.4) is 0 Å². The zero-order valence-electron chi connectivity index (χ0n) is 12.2. The average Bonchev–Trinajstić information content (AvgIpc) is 2.42. The smallest absolute Gasteiger partial charge is 0.245 e. The molecule has 0 bridgehead atoms. The highest BCUT2D eigenvalue weighted by Gasteiger charge is 2.29. The molecule has 0 spiro atoms. The molecular formula is C12H20ClN3O4S. The lowest BCUT2D eigenvalue weighted by Gasteiger charge is -2.27. The molecule has 120 valence electrons. The number of nitrogens with two attached hydrogens (primary N) is 1. The number of halogens is 1. The highest BCUT2D eigenvalue weighted by atomic mass is 35.5. The van der Waals surface area contributed by atoms with Crippen LogP contribution in [0.2, 0.25) is 5.02 Å². The predicted octanol–water partition coefficient (Wildman–Crippen LogP) is 0.989. The Morgan fingerprint density at radius 1 is 1.43 bits per heavy atom. The van der Waals surface area contributed by atoms with E-state index in [2.05, 4.69) is 4.98 Å². The van der Waals surface area contributed by atoms with E-state index in [1.165, 1.54) is 30.8 Å². The Bertz CT molecular complexity index is 568. The fourth-order valence-electron chi connectivity index (χ4n) is 1.79. The number of pyridine rings is 1. The Kier molecular flexibility index (Phi) is 6.82. The molecule has 0 aliphatic heterocycles. The number of hydrogen-bond acceptors (Lipinski definition) is 6. The summed E-state index contributed by atoms with van der Waals surface area (Å²) >= 11 is 5.85. The van der Waals surface area contributed by atoms with Crippen molar-refractivity contribution in [1.82, 2.24) is 9.29 Å². The normalized spacial score (nSPS) is 13.6. The van der Waals surface area contributed by atoms with Crippen molar-refractivity contribution in [1.29, 1.82) is 0 Å². The Hall–Kier alpha value is -0.930. The third kappa shape index (κ3) is 4.52. The van der Waals surface area contributed by atoms with Gasteiger partial charge in [-0.3, -0.25) is 0 Å². The zero-order valence-corrected chi connectivity index (χ0v) is 13.8. The van der Waals surface area contributed by atoms with Crippen LogP contribution in [0, 0.1) is 0 Å². The first-order valence-corrected chi connectivity index (χ1v) is 8.07. The molecule has 0 saturated carbocycles. The maximum atomic E-state index is 12.7. The van der Waals surface area contributed by atoms with Crippen LogP contribution in [0.25, 0.3) is 0 Å². The molecule has 0 amide bonds. The van der Waals surface area contributed by atoms with Crippen LogP contribution >= 0.6 is 11.6 Å². The maximum absolute atomic E-state index is 12.7. The van der Waals surface area contributed by atoms with Crippen molar-refractivity contribution >= 4 is 27.4 Å². The van der Waals surface area contributed by atoms with Crippen molar-refractivity contribution in [3.05, 3.63) is 17.3 Å². The summed E-state index contributed by atoms with van der Waals surface area (Å²) in [4.78, 5) is 3.78. The molecule has 1 aromatic heterocycles. The first kappa shape index (κ1) is 18.1. The van der Waals surface area contributed by atoms with Gasteiger partial charge in [0.2, 0.25) is 10.0 Å². The molecule has 0 aliphatic carbocycles. The number of methoxy groups -OCH3 is 2. The summed E-state index contributed by atoms with van der Waals surface area (Å²) in [7, 11) is -0.743. The maximum Gasteiger partial charge on any atom is 0.245 e. The van der Waals surface area contributed by atoms with Crippen LogP contribution in [0.1, 0.15) is 6.92 Å². The quantitative estimate of drug-likeness (QED) is 0.760. The molecule has 0 radical (unpaired) electrons. The number of sulfonamides is 1. The minimum atomic E-state index is -3.76. The molecule has 2 N–H and O–H groups in total. The van der Waals surface area contributed by atoms with Crippen LogP contribution in [-0.2, 0) is 19.5 Å². The number of aromatic nitrogens is 1. The van der Waals surface area contributed by atoms with Crippen molar-refractivity contribution < 1.29 is 17.9 Å². The van der Waals surface area contributed by atoms with E-state index in [1.807, 2.05) is 0 Å². The summed E-state index contributed by atoms with van der Waals surface area (Å²) in [5, 5.41) is 0.0992. The van der Waals surface area contributed by atoms with Gasteiger partial charge in [-0.15, -0.1) is 0 Å². The van der Waals surface area contributed by atoms with Gasteiger partial charge in [0.25, 0.3) is 0 Å². The Morgan fingerprint density at radius 2 is 2.10 bits per heavy atom. The molecule has 21 heavy (non-hydrogen) atoms. The van der Waals surface area contributed by atoms with Gasteiger partial charge < -0.3 is 15.2 Å². The number of nitrogen functional groups attached to an aromatic ring is 1. The molecule has 9 heteroatoms. The summed E-state index contributed by atoms with van der Waals surface area (Å²) in [6, 6.07) is 0.935. The lowest BCUT2D eigenvalue weighted by molar-refractivity contribution is 0.119. The van der Waals surface area contributed by atoms with Crippen molar-refractivity contribution in [2.45, 2.75) is 17.9 Å². The number of ether oxygens (including phenoxy) is 2. The fourth-order valence-corrected chi connectivity index (χ4v) is 3.59. The molecule has 1 heterocycles. The molecule has 0 aromatic carbocycles. The second-order valence-electron chi connectivity index (χ2n) is 4.45. The first-order chi connectivity index (χ1) is 9.84. The van der Waals surface area contributed by atoms with Gasteiger partial charge in [0.15, 0.2) is 0 Å². The van der Waals surface area contributed by atoms with Gasteiger partial charge in [-0.1, -0.05) is 11.6 Å². The Morgan fingerprint density at radius 3 is 2.62 bits per heavy atom. The lowest BCUT2D eigenvalue weighted by Crippen LogP contribution is -2.42. The van der Waals surface area contributed by atoms with Gasteiger partial charge in [-0.25, -0.2) is 13.4 Å². The van der Waals surface area contributed by atoms with Gasteiger partial charge in [-0.05, 0) is 13.0 Å². The molecular weight excluding hydrogens is 318 g/mol. The van der Waals surface area contributed by atoms with E-state index in [0.717, 1.165) is 0 Å². The van der Waals surface area contributed by atoms with E-state index >= 15 is 0 Å². The van der Waals surface area contributed by atoms with E-state index in [0.29, 0.717) is 0 Å². The molecule has 0 aliphatic rings. The largest absolute Gasteiger partial charge is 0.383 e. The molecule has 0 saturated heterocycles. The highest BCUT2D eigenvalue weighted by molar-refractivity contribution is 7.89. The van der Waals surface area contributed by atoms with Crippen molar-refractivity contribution in [3.63, 3.8) is 0 Å². The van der Waals surface area contributed by atoms with Crippen molar-refractivity contribution in [2.24, 2.45) is 0 Å². The molecule has 1 unspecified atom stereocenters. The number of anilines is 1. The minimum Gasteiger partial charge on any atom is -0.383 e. The molecule has 1 rings (SSSR count). The van der Waals surface area contributed by atoms with E-state index in [-0.39, 0.29) is 41.5 Å². The summed E-state index contributed by atoms with van der Waals surface area (Å²) in [5.74, 6) is 0.0870. The van der Waals surface area contributed by atoms with E-state index in [4.69, 9.17) is 26.8 Å². The third-order valence-corrected chi connectivity index (χ3v) is 5.15. The number of hydrogen-bond donors (Lipinski definition) is 1. The second-order valence-corrected chi connectivity index (χ2v) is 6.75. The van der Waals surface area contributed by atoms with Crippen LogP contribution in [-0.4, -0.2) is 57.7 Å². The van der Waals surface area contributed by atoms with E-state index < -0.39 is 10.0 Å². The number of nitrogens with zero attached hydrogens (tertiary/aromatic N) is 2. The Labute approximate surface area is 130 Å². The third-order valence-electron chi connectivity index (χ3n) is 2.87. The zero-order chi connectivity index (χ0) is 16.0. The summed E-state index contributed by atoms with van der Waals surface area (Å²) in [5.41, 5.74) is 5.50. The number of rotatable bonds is 8. The van der Waals surface area contributed by atoms with E-state index in [9.17, 15) is 8.42 Å². The molecule has 1 atom stereocenters. The molecule has 7 nitrogen and oxygen atoms in total. The standard InChI is InChI=1S/C12H20ClN3O4S/c1-9(8-20-3)16(4-5-19-2)21(17,18)10-6-11(13)12(14)15-7-10/h6-7,9H,4-5,8H2,1-3H3,(H2,14,15). The van der Waals surface area contributed by atoms with Crippen LogP contribution in [0.15, 0.2) is 17.2 Å². The average molecular weight is 338 g/mol. The van der Waals surface area contributed by atoms with Gasteiger partial charge in [0.1, 0.15) is 10.7 Å². The first-order valence-electron chi connectivity index (χ1n) is 6.25. The monoisotopic (exact) mass is 337 g/mol. The molecule has 1 aromatic rings. The van der Waals surface area contributed by atoms with Gasteiger partial charge in [0.05, 0.1) is 18.2 Å². The SMILES string of the molecule is COCCN(C(C)COC)S(=O)(=O)c1cnc(N)c(Cl)c1. The predicted molar refractivity (Wildman–Crippen MR) is 80.8 cm³/mol. The second kappa shape index (κ2) is 7.90. The van der Waals surface area contributed by atoms with Crippen LogP contribution in [0.4, 0.5) is 5.82 Å². The van der Waals surface area contributed by atoms with Gasteiger partial charge in [-0.2, -0.15) is 4.31 Å². The van der Waals surface area contributed by atoms with E-state index in [1.54, 1.807) is 6.92 Å². The summed E-state index contributed by atoms with van der Waals surface area (Å²) < 4.78 is 36.7. The van der Waals surface area contributed by atoms with Crippen molar-refractivity contribution in [3.8, 4) is 0 Å². The minimum absolute atomic E-state index is 0.0132. The topological polar surface area (TPSA) is 94.8 Å². The van der Waals surface area contributed by atoms with Crippen molar-refractivity contribution in [2.75, 3.05) is 39.7 Å². The molecule has 0 fully saturated rings.